The zero-order valence-corrected chi connectivity index (χ0v) is 11.7. The maximum atomic E-state index is 9.98. The monoisotopic (exact) mass is 265 g/mol. The van der Waals surface area contributed by atoms with Gasteiger partial charge in [0.25, 0.3) is 0 Å². The standard InChI is InChI=1S/C15H23NO3/c1-18-12-4-5-14(19-2)13(10-12)15(11-17)6-3-8-16-9-7-15/h4-5,10,16-17H,3,6-9,11H2,1-2H3. The summed E-state index contributed by atoms with van der Waals surface area (Å²) in [6.07, 6.45) is 2.92. The first kappa shape index (κ1) is 14.2. The lowest BCUT2D eigenvalue weighted by molar-refractivity contribution is 0.175. The van der Waals surface area contributed by atoms with Gasteiger partial charge in [-0.2, -0.15) is 0 Å². The highest BCUT2D eigenvalue weighted by atomic mass is 16.5. The highest BCUT2D eigenvalue weighted by Gasteiger charge is 2.35. The molecular weight excluding hydrogens is 242 g/mol. The van der Waals surface area contributed by atoms with E-state index < -0.39 is 0 Å². The van der Waals surface area contributed by atoms with E-state index >= 15 is 0 Å². The van der Waals surface area contributed by atoms with Crippen LogP contribution >= 0.6 is 0 Å². The molecule has 0 aromatic heterocycles. The largest absolute Gasteiger partial charge is 0.497 e. The van der Waals surface area contributed by atoms with Crippen molar-refractivity contribution in [2.24, 2.45) is 0 Å². The summed E-state index contributed by atoms with van der Waals surface area (Å²) >= 11 is 0. The van der Waals surface area contributed by atoms with E-state index in [1.165, 1.54) is 0 Å². The molecule has 0 aliphatic carbocycles. The van der Waals surface area contributed by atoms with Gasteiger partial charge in [0.05, 0.1) is 20.8 Å². The van der Waals surface area contributed by atoms with E-state index in [1.54, 1.807) is 14.2 Å². The Morgan fingerprint density at radius 1 is 1.21 bits per heavy atom. The van der Waals surface area contributed by atoms with Crippen LogP contribution in [0.25, 0.3) is 0 Å². The van der Waals surface area contributed by atoms with Crippen molar-refractivity contribution in [2.75, 3.05) is 33.9 Å². The predicted molar refractivity (Wildman–Crippen MR) is 75.0 cm³/mol. The van der Waals surface area contributed by atoms with Gasteiger partial charge < -0.3 is 19.9 Å². The summed E-state index contributed by atoms with van der Waals surface area (Å²) in [5.74, 6) is 1.64. The maximum absolute atomic E-state index is 9.98. The molecule has 106 valence electrons. The van der Waals surface area contributed by atoms with Crippen LogP contribution in [-0.2, 0) is 5.41 Å². The van der Waals surface area contributed by atoms with Gasteiger partial charge in [0.1, 0.15) is 11.5 Å². The molecule has 19 heavy (non-hydrogen) atoms. The third-order valence-electron chi connectivity index (χ3n) is 4.07. The van der Waals surface area contributed by atoms with Crippen LogP contribution < -0.4 is 14.8 Å². The fraction of sp³-hybridized carbons (Fsp3) is 0.600. The Balaban J connectivity index is 2.45. The van der Waals surface area contributed by atoms with E-state index in [1.807, 2.05) is 18.2 Å². The maximum Gasteiger partial charge on any atom is 0.122 e. The smallest absolute Gasteiger partial charge is 0.122 e. The number of benzene rings is 1. The second-order valence-electron chi connectivity index (χ2n) is 5.11. The van der Waals surface area contributed by atoms with Crippen LogP contribution in [0.5, 0.6) is 11.5 Å². The Morgan fingerprint density at radius 2 is 2.05 bits per heavy atom. The SMILES string of the molecule is COc1ccc(OC)c(C2(CO)CCCNCC2)c1. The van der Waals surface area contributed by atoms with Gasteiger partial charge in [0.2, 0.25) is 0 Å². The minimum absolute atomic E-state index is 0.137. The van der Waals surface area contributed by atoms with Crippen LogP contribution in [0, 0.1) is 0 Å². The van der Waals surface area contributed by atoms with Crippen molar-refractivity contribution in [3.63, 3.8) is 0 Å². The summed E-state index contributed by atoms with van der Waals surface area (Å²) in [7, 11) is 3.33. The average Bonchev–Trinajstić information content (AvgIpc) is 2.73. The molecule has 1 aromatic rings. The Hall–Kier alpha value is -1.26. The Kier molecular flexibility index (Phi) is 4.66. The molecule has 2 N–H and O–H groups in total. The van der Waals surface area contributed by atoms with Crippen LogP contribution in [-0.4, -0.2) is 39.0 Å². The fourth-order valence-electron chi connectivity index (χ4n) is 2.87. The highest BCUT2D eigenvalue weighted by molar-refractivity contribution is 5.45. The lowest BCUT2D eigenvalue weighted by atomic mass is 9.74. The van der Waals surface area contributed by atoms with E-state index in [0.717, 1.165) is 49.4 Å². The number of ether oxygens (including phenoxy) is 2. The zero-order valence-electron chi connectivity index (χ0n) is 11.7. The number of rotatable bonds is 4. The van der Waals surface area contributed by atoms with Gasteiger partial charge >= 0.3 is 0 Å². The molecule has 1 aliphatic heterocycles. The van der Waals surface area contributed by atoms with E-state index in [0.29, 0.717) is 0 Å². The number of aliphatic hydroxyl groups excluding tert-OH is 1. The molecule has 4 nitrogen and oxygen atoms in total. The van der Waals surface area contributed by atoms with E-state index in [2.05, 4.69) is 5.32 Å². The molecule has 0 saturated carbocycles. The van der Waals surface area contributed by atoms with Gasteiger partial charge in [-0.15, -0.1) is 0 Å². The zero-order chi connectivity index (χ0) is 13.7. The summed E-state index contributed by atoms with van der Waals surface area (Å²) < 4.78 is 10.8. The third kappa shape index (κ3) is 2.85. The third-order valence-corrected chi connectivity index (χ3v) is 4.07. The van der Waals surface area contributed by atoms with Gasteiger partial charge in [-0.1, -0.05) is 0 Å². The van der Waals surface area contributed by atoms with Crippen molar-refractivity contribution in [3.05, 3.63) is 23.8 Å². The number of nitrogens with one attached hydrogen (secondary N) is 1. The quantitative estimate of drug-likeness (QED) is 0.870. The van der Waals surface area contributed by atoms with Crippen molar-refractivity contribution in [1.82, 2.24) is 5.32 Å². The van der Waals surface area contributed by atoms with Crippen LogP contribution in [0.4, 0.5) is 0 Å². The van der Waals surface area contributed by atoms with Crippen molar-refractivity contribution in [1.29, 1.82) is 0 Å². The van der Waals surface area contributed by atoms with Gasteiger partial charge in [0.15, 0.2) is 0 Å². The van der Waals surface area contributed by atoms with Crippen molar-refractivity contribution < 1.29 is 14.6 Å². The number of methoxy groups -OCH3 is 2. The molecule has 1 aromatic carbocycles. The first-order valence-electron chi connectivity index (χ1n) is 6.80. The number of hydrogen-bond donors (Lipinski definition) is 2. The Labute approximate surface area is 114 Å². The summed E-state index contributed by atoms with van der Waals surface area (Å²) in [5.41, 5.74) is 0.823. The van der Waals surface area contributed by atoms with Crippen LogP contribution in [0.1, 0.15) is 24.8 Å². The molecule has 1 fully saturated rings. The highest BCUT2D eigenvalue weighted by Crippen LogP contribution is 2.40. The van der Waals surface area contributed by atoms with Crippen LogP contribution in [0.2, 0.25) is 0 Å². The number of hydrogen-bond acceptors (Lipinski definition) is 4. The summed E-state index contributed by atoms with van der Waals surface area (Å²) in [6, 6.07) is 5.81. The van der Waals surface area contributed by atoms with Gasteiger partial charge in [-0.25, -0.2) is 0 Å². The molecule has 4 heteroatoms. The Bertz CT molecular complexity index is 412. The van der Waals surface area contributed by atoms with E-state index in [4.69, 9.17) is 9.47 Å². The van der Waals surface area contributed by atoms with Gasteiger partial charge in [-0.3, -0.25) is 0 Å². The number of aliphatic hydroxyl groups is 1. The molecule has 0 bridgehead atoms. The normalized spacial score (nSPS) is 23.7. The van der Waals surface area contributed by atoms with Crippen molar-refractivity contribution in [2.45, 2.75) is 24.7 Å². The lowest BCUT2D eigenvalue weighted by Gasteiger charge is -2.32. The van der Waals surface area contributed by atoms with Gasteiger partial charge in [-0.05, 0) is 50.6 Å². The van der Waals surface area contributed by atoms with E-state index in [9.17, 15) is 5.11 Å². The molecule has 2 rings (SSSR count). The molecule has 1 heterocycles. The van der Waals surface area contributed by atoms with E-state index in [-0.39, 0.29) is 12.0 Å². The molecule has 1 atom stereocenters. The minimum atomic E-state index is -0.233. The van der Waals surface area contributed by atoms with Crippen LogP contribution in [0.15, 0.2) is 18.2 Å². The first-order valence-corrected chi connectivity index (χ1v) is 6.80. The minimum Gasteiger partial charge on any atom is -0.497 e. The summed E-state index contributed by atoms with van der Waals surface area (Å²) in [4.78, 5) is 0. The first-order chi connectivity index (χ1) is 9.25. The molecule has 0 spiro atoms. The predicted octanol–water partition coefficient (Wildman–Crippen LogP) is 1.71. The second kappa shape index (κ2) is 6.26. The summed E-state index contributed by atoms with van der Waals surface area (Å²) in [6.45, 7) is 2.06. The van der Waals surface area contributed by atoms with Gasteiger partial charge in [0, 0.05) is 11.0 Å². The lowest BCUT2D eigenvalue weighted by Crippen LogP contribution is -2.32. The summed E-state index contributed by atoms with van der Waals surface area (Å²) in [5, 5.41) is 13.4. The Morgan fingerprint density at radius 3 is 2.74 bits per heavy atom. The molecule has 1 unspecified atom stereocenters. The molecular formula is C15H23NO3. The molecule has 0 radical (unpaired) electrons. The fourth-order valence-corrected chi connectivity index (χ4v) is 2.87. The average molecular weight is 265 g/mol. The molecule has 1 saturated heterocycles. The topological polar surface area (TPSA) is 50.7 Å². The molecule has 0 amide bonds. The van der Waals surface area contributed by atoms with Crippen molar-refractivity contribution in [3.8, 4) is 11.5 Å². The van der Waals surface area contributed by atoms with Crippen LogP contribution in [0.3, 0.4) is 0 Å². The van der Waals surface area contributed by atoms with Crippen molar-refractivity contribution >= 4 is 0 Å². The molecule has 1 aliphatic rings. The second-order valence-corrected chi connectivity index (χ2v) is 5.11.